The van der Waals surface area contributed by atoms with Gasteiger partial charge in [0.15, 0.2) is 0 Å². The zero-order valence-electron chi connectivity index (χ0n) is 11.4. The summed E-state index contributed by atoms with van der Waals surface area (Å²) in [5.74, 6) is 0. The number of anilines is 1. The number of halogens is 2. The summed E-state index contributed by atoms with van der Waals surface area (Å²) in [5.41, 5.74) is 2.44. The predicted octanol–water partition coefficient (Wildman–Crippen LogP) is 4.01. The minimum Gasteiger partial charge on any atom is -0.370 e. The Hall–Kier alpha value is -0.250. The molecule has 18 heavy (non-hydrogen) atoms. The maximum Gasteiger partial charge on any atom is 0.0467 e. The van der Waals surface area contributed by atoms with E-state index >= 15 is 0 Å². The highest BCUT2D eigenvalue weighted by atomic mass is 79.9. The van der Waals surface area contributed by atoms with Gasteiger partial charge in [0.05, 0.1) is 0 Å². The number of alkyl halides is 1. The second-order valence-electron chi connectivity index (χ2n) is 4.66. The molecule has 1 aromatic rings. The molecule has 0 unspecified atom stereocenters. The van der Waals surface area contributed by atoms with Crippen LogP contribution < -0.4 is 4.90 Å². The van der Waals surface area contributed by atoms with Crippen molar-refractivity contribution in [1.29, 1.82) is 0 Å². The van der Waals surface area contributed by atoms with Crippen molar-refractivity contribution in [3.63, 3.8) is 0 Å². The van der Waals surface area contributed by atoms with Crippen LogP contribution in [-0.4, -0.2) is 38.6 Å². The second kappa shape index (κ2) is 8.03. The monoisotopic (exact) mass is 332 g/mol. The maximum atomic E-state index is 6.27. The third kappa shape index (κ3) is 4.45. The topological polar surface area (TPSA) is 6.48 Å². The van der Waals surface area contributed by atoms with Crippen LogP contribution in [-0.2, 0) is 5.33 Å². The fraction of sp³-hybridized carbons (Fsp3) is 0.571. The van der Waals surface area contributed by atoms with Crippen molar-refractivity contribution in [3.05, 3.63) is 28.8 Å². The summed E-state index contributed by atoms with van der Waals surface area (Å²) in [4.78, 5) is 4.63. The van der Waals surface area contributed by atoms with Crippen LogP contribution in [0, 0.1) is 0 Å². The van der Waals surface area contributed by atoms with E-state index in [4.69, 9.17) is 11.6 Å². The molecule has 1 rings (SSSR count). The van der Waals surface area contributed by atoms with Crippen LogP contribution in [0.2, 0.25) is 5.02 Å². The van der Waals surface area contributed by atoms with E-state index in [0.717, 1.165) is 36.4 Å². The SMILES string of the molecule is CCCN(CCN(C)C)c1cccc(Cl)c1CBr. The summed E-state index contributed by atoms with van der Waals surface area (Å²) in [6, 6.07) is 6.15. The Kier molecular flexibility index (Phi) is 7.05. The summed E-state index contributed by atoms with van der Waals surface area (Å²) in [6.45, 7) is 5.35. The smallest absolute Gasteiger partial charge is 0.0467 e. The molecular weight excluding hydrogens is 312 g/mol. The zero-order valence-corrected chi connectivity index (χ0v) is 13.8. The summed E-state index contributed by atoms with van der Waals surface area (Å²) in [7, 11) is 4.21. The van der Waals surface area contributed by atoms with Gasteiger partial charge in [-0.05, 0) is 32.6 Å². The number of rotatable bonds is 7. The third-order valence-corrected chi connectivity index (χ3v) is 3.79. The van der Waals surface area contributed by atoms with Crippen LogP contribution in [0.3, 0.4) is 0 Å². The van der Waals surface area contributed by atoms with Crippen molar-refractivity contribution in [1.82, 2.24) is 4.90 Å². The summed E-state index contributed by atoms with van der Waals surface area (Å²) < 4.78 is 0. The van der Waals surface area contributed by atoms with E-state index in [1.807, 2.05) is 12.1 Å². The Balaban J connectivity index is 2.93. The van der Waals surface area contributed by atoms with Crippen molar-refractivity contribution >= 4 is 33.2 Å². The fourth-order valence-electron chi connectivity index (χ4n) is 1.92. The van der Waals surface area contributed by atoms with Gasteiger partial charge in [-0.2, -0.15) is 0 Å². The van der Waals surface area contributed by atoms with Gasteiger partial charge in [0.1, 0.15) is 0 Å². The van der Waals surface area contributed by atoms with Gasteiger partial charge in [0.25, 0.3) is 0 Å². The van der Waals surface area contributed by atoms with E-state index in [2.05, 4.69) is 52.8 Å². The number of nitrogens with zero attached hydrogens (tertiary/aromatic N) is 2. The number of hydrogen-bond donors (Lipinski definition) is 0. The van der Waals surface area contributed by atoms with Gasteiger partial charge in [-0.25, -0.2) is 0 Å². The fourth-order valence-corrected chi connectivity index (χ4v) is 2.91. The molecule has 0 amide bonds. The van der Waals surface area contributed by atoms with E-state index in [1.165, 1.54) is 11.3 Å². The lowest BCUT2D eigenvalue weighted by atomic mass is 10.1. The first-order valence-electron chi connectivity index (χ1n) is 6.33. The molecule has 2 nitrogen and oxygen atoms in total. The number of likely N-dealkylation sites (N-methyl/N-ethyl adjacent to an activating group) is 1. The summed E-state index contributed by atoms with van der Waals surface area (Å²) >= 11 is 9.81. The van der Waals surface area contributed by atoms with Crippen molar-refractivity contribution < 1.29 is 0 Å². The van der Waals surface area contributed by atoms with Crippen molar-refractivity contribution in [3.8, 4) is 0 Å². The molecule has 1 aromatic carbocycles. The quantitative estimate of drug-likeness (QED) is 0.696. The molecule has 0 aromatic heterocycles. The highest BCUT2D eigenvalue weighted by molar-refractivity contribution is 9.08. The average Bonchev–Trinajstić information content (AvgIpc) is 2.34. The molecular formula is C14H22BrClN2. The lowest BCUT2D eigenvalue weighted by Gasteiger charge is -2.28. The molecule has 0 bridgehead atoms. The minimum absolute atomic E-state index is 0.796. The Morgan fingerprint density at radius 2 is 1.89 bits per heavy atom. The highest BCUT2D eigenvalue weighted by Crippen LogP contribution is 2.29. The minimum atomic E-state index is 0.796. The van der Waals surface area contributed by atoms with E-state index in [-0.39, 0.29) is 0 Å². The van der Waals surface area contributed by atoms with Gasteiger partial charge in [-0.3, -0.25) is 0 Å². The van der Waals surface area contributed by atoms with Gasteiger partial charge in [0.2, 0.25) is 0 Å². The first kappa shape index (κ1) is 15.8. The van der Waals surface area contributed by atoms with Crippen LogP contribution in [0.15, 0.2) is 18.2 Å². The zero-order chi connectivity index (χ0) is 13.5. The second-order valence-corrected chi connectivity index (χ2v) is 5.63. The molecule has 0 N–H and O–H groups in total. The molecule has 0 radical (unpaired) electrons. The van der Waals surface area contributed by atoms with Crippen LogP contribution in [0.4, 0.5) is 5.69 Å². The lowest BCUT2D eigenvalue weighted by molar-refractivity contribution is 0.413. The highest BCUT2D eigenvalue weighted by Gasteiger charge is 2.12. The summed E-state index contributed by atoms with van der Waals surface area (Å²) in [6.07, 6.45) is 1.14. The standard InChI is InChI=1S/C14H22BrClN2/c1-4-8-18(10-9-17(2)3)14-7-5-6-13(16)12(14)11-15/h5-7H,4,8-11H2,1-3H3. The molecule has 0 aliphatic heterocycles. The molecule has 0 aliphatic rings. The maximum absolute atomic E-state index is 6.27. The molecule has 0 saturated carbocycles. The van der Waals surface area contributed by atoms with Crippen LogP contribution in [0.5, 0.6) is 0 Å². The van der Waals surface area contributed by atoms with Gasteiger partial charge in [0, 0.05) is 41.2 Å². The molecule has 0 atom stereocenters. The molecule has 0 heterocycles. The summed E-state index contributed by atoms with van der Waals surface area (Å²) in [5, 5.41) is 1.64. The molecule has 0 aliphatic carbocycles. The average molecular weight is 334 g/mol. The molecule has 4 heteroatoms. The van der Waals surface area contributed by atoms with E-state index in [9.17, 15) is 0 Å². The van der Waals surface area contributed by atoms with Gasteiger partial charge >= 0.3 is 0 Å². The Morgan fingerprint density at radius 3 is 2.44 bits per heavy atom. The number of hydrogen-bond acceptors (Lipinski definition) is 2. The number of benzene rings is 1. The predicted molar refractivity (Wildman–Crippen MR) is 85.1 cm³/mol. The van der Waals surface area contributed by atoms with E-state index in [1.54, 1.807) is 0 Å². The molecule has 0 fully saturated rings. The largest absolute Gasteiger partial charge is 0.370 e. The van der Waals surface area contributed by atoms with Crippen LogP contribution in [0.1, 0.15) is 18.9 Å². The van der Waals surface area contributed by atoms with Crippen LogP contribution >= 0.6 is 27.5 Å². The van der Waals surface area contributed by atoms with Gasteiger partial charge < -0.3 is 9.80 Å². The Morgan fingerprint density at radius 1 is 1.17 bits per heavy atom. The first-order chi connectivity index (χ1) is 8.60. The van der Waals surface area contributed by atoms with E-state index in [0.29, 0.717) is 0 Å². The third-order valence-electron chi connectivity index (χ3n) is 2.88. The van der Waals surface area contributed by atoms with Crippen molar-refractivity contribution in [2.45, 2.75) is 18.7 Å². The van der Waals surface area contributed by atoms with Gasteiger partial charge in [-0.15, -0.1) is 0 Å². The molecule has 0 saturated heterocycles. The Labute approximate surface area is 124 Å². The van der Waals surface area contributed by atoms with Crippen molar-refractivity contribution in [2.24, 2.45) is 0 Å². The molecule has 102 valence electrons. The van der Waals surface area contributed by atoms with Crippen LogP contribution in [0.25, 0.3) is 0 Å². The molecule has 0 spiro atoms. The van der Waals surface area contributed by atoms with E-state index < -0.39 is 0 Å². The normalized spacial score (nSPS) is 11.0. The van der Waals surface area contributed by atoms with Gasteiger partial charge in [-0.1, -0.05) is 40.5 Å². The lowest BCUT2D eigenvalue weighted by Crippen LogP contribution is -2.32. The Bertz CT molecular complexity index is 369. The first-order valence-corrected chi connectivity index (χ1v) is 7.83. The van der Waals surface area contributed by atoms with Crippen molar-refractivity contribution in [2.75, 3.05) is 38.6 Å².